The Kier molecular flexibility index (Phi) is 4.43. The zero-order valence-electron chi connectivity index (χ0n) is 9.45. The zero-order chi connectivity index (χ0) is 12.9. The standard InChI is InChI=1S/C12H14F2O3/c1-12(13,14)8-17-10-5-2-9(3-6-10)4-7-11(15)16/h2-3,5-6H,4,7-8H2,1H3,(H,15,16). The summed E-state index contributed by atoms with van der Waals surface area (Å²) < 4.78 is 29.9. The normalized spacial score (nSPS) is 11.2. The summed E-state index contributed by atoms with van der Waals surface area (Å²) >= 11 is 0. The van der Waals surface area contributed by atoms with Crippen LogP contribution in [0.25, 0.3) is 0 Å². The van der Waals surface area contributed by atoms with Gasteiger partial charge in [0.2, 0.25) is 0 Å². The van der Waals surface area contributed by atoms with Gasteiger partial charge in [-0.1, -0.05) is 12.1 Å². The Balaban J connectivity index is 2.47. The van der Waals surface area contributed by atoms with E-state index in [1.807, 2.05) is 0 Å². The van der Waals surface area contributed by atoms with Gasteiger partial charge in [0, 0.05) is 13.3 Å². The van der Waals surface area contributed by atoms with Gasteiger partial charge < -0.3 is 9.84 Å². The van der Waals surface area contributed by atoms with Gasteiger partial charge in [0.25, 0.3) is 5.92 Å². The number of hydrogen-bond acceptors (Lipinski definition) is 2. The smallest absolute Gasteiger partial charge is 0.303 e. The highest BCUT2D eigenvalue weighted by Crippen LogP contribution is 2.17. The van der Waals surface area contributed by atoms with Gasteiger partial charge in [0.1, 0.15) is 5.75 Å². The molecule has 0 saturated carbocycles. The number of carboxylic acids is 1. The molecule has 0 fully saturated rings. The Morgan fingerprint density at radius 3 is 2.41 bits per heavy atom. The molecule has 1 rings (SSSR count). The molecule has 0 amide bonds. The van der Waals surface area contributed by atoms with Crippen molar-refractivity contribution in [1.29, 1.82) is 0 Å². The third kappa shape index (κ3) is 5.85. The lowest BCUT2D eigenvalue weighted by atomic mass is 10.1. The fraction of sp³-hybridized carbons (Fsp3) is 0.417. The van der Waals surface area contributed by atoms with Crippen molar-refractivity contribution in [1.82, 2.24) is 0 Å². The van der Waals surface area contributed by atoms with Crippen LogP contribution in [0, 0.1) is 0 Å². The lowest BCUT2D eigenvalue weighted by Crippen LogP contribution is -2.20. The molecule has 0 aliphatic heterocycles. The van der Waals surface area contributed by atoms with E-state index < -0.39 is 18.5 Å². The van der Waals surface area contributed by atoms with E-state index in [9.17, 15) is 13.6 Å². The van der Waals surface area contributed by atoms with E-state index in [0.29, 0.717) is 12.2 Å². The van der Waals surface area contributed by atoms with Crippen molar-refractivity contribution in [3.8, 4) is 5.75 Å². The molecular formula is C12H14F2O3. The van der Waals surface area contributed by atoms with Crippen LogP contribution in [0.5, 0.6) is 5.75 Å². The van der Waals surface area contributed by atoms with Gasteiger partial charge in [-0.2, -0.15) is 0 Å². The molecule has 0 spiro atoms. The minimum Gasteiger partial charge on any atom is -0.487 e. The van der Waals surface area contributed by atoms with Crippen molar-refractivity contribution >= 4 is 5.97 Å². The molecule has 1 aromatic carbocycles. The summed E-state index contributed by atoms with van der Waals surface area (Å²) in [6.45, 7) is 0.121. The molecule has 3 nitrogen and oxygen atoms in total. The molecule has 0 aliphatic carbocycles. The molecule has 0 saturated heterocycles. The van der Waals surface area contributed by atoms with Crippen LogP contribution in [-0.4, -0.2) is 23.6 Å². The quantitative estimate of drug-likeness (QED) is 0.836. The summed E-state index contributed by atoms with van der Waals surface area (Å²) in [6.07, 6.45) is 0.465. The van der Waals surface area contributed by atoms with Crippen LogP contribution in [0.15, 0.2) is 24.3 Å². The summed E-state index contributed by atoms with van der Waals surface area (Å²) in [4.78, 5) is 10.3. The van der Waals surface area contributed by atoms with Crippen LogP contribution in [0.2, 0.25) is 0 Å². The molecule has 5 heteroatoms. The molecule has 0 aromatic heterocycles. The van der Waals surface area contributed by atoms with E-state index in [0.717, 1.165) is 12.5 Å². The first-order valence-corrected chi connectivity index (χ1v) is 5.18. The predicted molar refractivity (Wildman–Crippen MR) is 58.5 cm³/mol. The molecule has 0 heterocycles. The minimum absolute atomic E-state index is 0.0488. The van der Waals surface area contributed by atoms with Gasteiger partial charge in [-0.3, -0.25) is 4.79 Å². The van der Waals surface area contributed by atoms with E-state index in [2.05, 4.69) is 0 Å². The average molecular weight is 244 g/mol. The number of hydrogen-bond donors (Lipinski definition) is 1. The first kappa shape index (κ1) is 13.4. The molecule has 0 aliphatic rings. The third-order valence-electron chi connectivity index (χ3n) is 2.04. The highest BCUT2D eigenvalue weighted by Gasteiger charge is 2.21. The Morgan fingerprint density at radius 1 is 1.35 bits per heavy atom. The topological polar surface area (TPSA) is 46.5 Å². The van der Waals surface area contributed by atoms with Crippen molar-refractivity contribution in [3.05, 3.63) is 29.8 Å². The first-order chi connectivity index (χ1) is 7.87. The molecular weight excluding hydrogens is 230 g/mol. The number of aryl methyl sites for hydroxylation is 1. The number of carbonyl (C=O) groups is 1. The maximum atomic E-state index is 12.5. The van der Waals surface area contributed by atoms with E-state index >= 15 is 0 Å². The van der Waals surface area contributed by atoms with Crippen molar-refractivity contribution in [2.45, 2.75) is 25.7 Å². The predicted octanol–water partition coefficient (Wildman–Crippen LogP) is 2.74. The summed E-state index contributed by atoms with van der Waals surface area (Å²) in [7, 11) is 0. The van der Waals surface area contributed by atoms with Crippen molar-refractivity contribution in [3.63, 3.8) is 0 Å². The van der Waals surface area contributed by atoms with Crippen molar-refractivity contribution in [2.24, 2.45) is 0 Å². The van der Waals surface area contributed by atoms with Crippen LogP contribution in [-0.2, 0) is 11.2 Å². The summed E-state index contributed by atoms with van der Waals surface area (Å²) in [5, 5.41) is 8.50. The molecule has 0 atom stereocenters. The van der Waals surface area contributed by atoms with Crippen LogP contribution >= 0.6 is 0 Å². The van der Waals surface area contributed by atoms with Crippen LogP contribution in [0.3, 0.4) is 0 Å². The van der Waals surface area contributed by atoms with E-state index in [-0.39, 0.29) is 6.42 Å². The van der Waals surface area contributed by atoms with Crippen LogP contribution in [0.1, 0.15) is 18.9 Å². The van der Waals surface area contributed by atoms with Gasteiger partial charge in [-0.05, 0) is 24.1 Å². The number of rotatable bonds is 6. The molecule has 0 unspecified atom stereocenters. The van der Waals surface area contributed by atoms with Crippen LogP contribution < -0.4 is 4.74 Å². The van der Waals surface area contributed by atoms with E-state index in [1.54, 1.807) is 24.3 Å². The van der Waals surface area contributed by atoms with Gasteiger partial charge in [-0.25, -0.2) is 8.78 Å². The second-order valence-electron chi connectivity index (χ2n) is 3.90. The maximum Gasteiger partial charge on any atom is 0.303 e. The number of halogens is 2. The maximum absolute atomic E-state index is 12.5. The Hall–Kier alpha value is -1.65. The molecule has 17 heavy (non-hydrogen) atoms. The van der Waals surface area contributed by atoms with Gasteiger partial charge in [0.05, 0.1) is 0 Å². The Bertz CT molecular complexity index is 368. The molecule has 0 radical (unpaired) electrons. The van der Waals surface area contributed by atoms with E-state index in [4.69, 9.17) is 9.84 Å². The monoisotopic (exact) mass is 244 g/mol. The number of ether oxygens (including phenoxy) is 1. The SMILES string of the molecule is CC(F)(F)COc1ccc(CCC(=O)O)cc1. The largest absolute Gasteiger partial charge is 0.487 e. The second kappa shape index (κ2) is 5.61. The lowest BCUT2D eigenvalue weighted by molar-refractivity contribution is -0.136. The number of alkyl halides is 2. The number of benzene rings is 1. The molecule has 1 N–H and O–H groups in total. The summed E-state index contributed by atoms with van der Waals surface area (Å²) in [5.74, 6) is -3.37. The van der Waals surface area contributed by atoms with E-state index in [1.165, 1.54) is 0 Å². The molecule has 0 bridgehead atoms. The Labute approximate surface area is 98.0 Å². The fourth-order valence-electron chi connectivity index (χ4n) is 1.21. The fourth-order valence-corrected chi connectivity index (χ4v) is 1.21. The third-order valence-corrected chi connectivity index (χ3v) is 2.04. The van der Waals surface area contributed by atoms with Gasteiger partial charge >= 0.3 is 5.97 Å². The van der Waals surface area contributed by atoms with Gasteiger partial charge in [-0.15, -0.1) is 0 Å². The zero-order valence-corrected chi connectivity index (χ0v) is 9.45. The lowest BCUT2D eigenvalue weighted by Gasteiger charge is -2.12. The minimum atomic E-state index is -2.86. The Morgan fingerprint density at radius 2 is 1.94 bits per heavy atom. The summed E-state index contributed by atoms with van der Waals surface area (Å²) in [5.41, 5.74) is 0.836. The summed E-state index contributed by atoms with van der Waals surface area (Å²) in [6, 6.07) is 6.46. The number of aliphatic carboxylic acids is 1. The molecule has 1 aromatic rings. The van der Waals surface area contributed by atoms with Crippen molar-refractivity contribution < 1.29 is 23.4 Å². The van der Waals surface area contributed by atoms with Crippen LogP contribution in [0.4, 0.5) is 8.78 Å². The van der Waals surface area contributed by atoms with Crippen molar-refractivity contribution in [2.75, 3.05) is 6.61 Å². The van der Waals surface area contributed by atoms with Gasteiger partial charge in [0.15, 0.2) is 6.61 Å². The number of carboxylic acid groups (broad SMARTS) is 1. The average Bonchev–Trinajstić information content (AvgIpc) is 2.24. The molecule has 94 valence electrons. The highest BCUT2D eigenvalue weighted by atomic mass is 19.3. The second-order valence-corrected chi connectivity index (χ2v) is 3.90. The highest BCUT2D eigenvalue weighted by molar-refractivity contribution is 5.67. The first-order valence-electron chi connectivity index (χ1n) is 5.18.